The quantitative estimate of drug-likeness (QED) is 0.346. The maximum absolute atomic E-state index is 13.0. The van der Waals surface area contributed by atoms with Crippen LogP contribution in [0.1, 0.15) is 54.1 Å². The van der Waals surface area contributed by atoms with Crippen molar-refractivity contribution >= 4 is 48.5 Å². The van der Waals surface area contributed by atoms with Gasteiger partial charge in [-0.1, -0.05) is 0 Å². The molecule has 35 heavy (non-hydrogen) atoms. The number of benzene rings is 1. The average molecular weight is 579 g/mol. The second-order valence-electron chi connectivity index (χ2n) is 9.27. The van der Waals surface area contributed by atoms with Gasteiger partial charge in [0, 0.05) is 0 Å². The number of rotatable bonds is 6. The van der Waals surface area contributed by atoms with E-state index in [4.69, 9.17) is 12.5 Å². The van der Waals surface area contributed by atoms with Gasteiger partial charge in [0.15, 0.2) is 0 Å². The van der Waals surface area contributed by atoms with E-state index in [1.807, 2.05) is 18.2 Å². The molecule has 2 aliphatic rings. The summed E-state index contributed by atoms with van der Waals surface area (Å²) in [7, 11) is 0. The number of hydrogen-bond donors (Lipinski definition) is 1. The van der Waals surface area contributed by atoms with Gasteiger partial charge in [0.1, 0.15) is 0 Å². The number of pyridine rings is 1. The van der Waals surface area contributed by atoms with Crippen molar-refractivity contribution in [1.82, 2.24) is 25.0 Å². The van der Waals surface area contributed by atoms with E-state index in [0.717, 1.165) is 63.6 Å². The second kappa shape index (κ2) is 9.25. The Balaban J connectivity index is 1.34. The number of nitriles is 1. The zero-order chi connectivity index (χ0) is 23.9. The van der Waals surface area contributed by atoms with Crippen LogP contribution in [0.25, 0.3) is 21.9 Å². The van der Waals surface area contributed by atoms with Crippen LogP contribution in [0, 0.1) is 11.3 Å². The van der Waals surface area contributed by atoms with Crippen LogP contribution in [0.2, 0.25) is 9.24 Å². The third-order valence-corrected chi connectivity index (χ3v) is 11.1. The van der Waals surface area contributed by atoms with E-state index in [1.165, 1.54) is 0 Å². The number of aromatic nitrogens is 4. The summed E-state index contributed by atoms with van der Waals surface area (Å²) in [5.41, 5.74) is 3.81. The van der Waals surface area contributed by atoms with Crippen LogP contribution in [0.5, 0.6) is 0 Å². The number of hydrogen-bond acceptors (Lipinski definition) is 7. The summed E-state index contributed by atoms with van der Waals surface area (Å²) < 4.78 is 14.6. The van der Waals surface area contributed by atoms with Crippen molar-refractivity contribution in [3.63, 3.8) is 0 Å². The summed E-state index contributed by atoms with van der Waals surface area (Å²) in [4.78, 5) is 24.6. The standard InChI is InChI=1S/C24H22N6O3.CH3.Sb/c1-14(6-7-31)30-22(10-23(32)27-12-17-9-21(33-29-17)16-3-4-16)28-20-13-26-19-5-2-15(11-25)8-18(19)24(20)30;;/h2,5,8-9,13-14,16H,1,3-4,6-7,10,12H2,(H,27,32);1H3;/q-1;;+1. The number of fused-ring (bicyclic) bond motifs is 3. The van der Waals surface area contributed by atoms with Crippen molar-refractivity contribution in [3.8, 4) is 6.07 Å². The Morgan fingerprint density at radius 3 is 2.97 bits per heavy atom. The number of carbonyl (C=O) groups is 1. The first-order chi connectivity index (χ1) is 17.1. The first-order valence-corrected chi connectivity index (χ1v) is 17.2. The molecule has 4 aromatic rings. The Kier molecular flexibility index (Phi) is 5.95. The van der Waals surface area contributed by atoms with Crippen molar-refractivity contribution in [1.29, 1.82) is 5.26 Å². The third-order valence-electron chi connectivity index (χ3n) is 6.66. The molecule has 6 rings (SSSR count). The fraction of sp³-hybridized carbons (Fsp3) is 0.400. The Labute approximate surface area is 210 Å². The molecule has 1 unspecified atom stereocenters. The van der Waals surface area contributed by atoms with Crippen molar-refractivity contribution in [2.75, 3.05) is 6.61 Å². The number of amides is 1. The molecule has 1 atom stereocenters. The minimum atomic E-state index is -1.76. The molecule has 1 aliphatic heterocycles. The predicted octanol–water partition coefficient (Wildman–Crippen LogP) is 3.76. The van der Waals surface area contributed by atoms with E-state index in [1.54, 1.807) is 12.3 Å². The monoisotopic (exact) mass is 578 g/mol. The Hall–Kier alpha value is -2.95. The van der Waals surface area contributed by atoms with Crippen molar-refractivity contribution in [2.24, 2.45) is 0 Å². The van der Waals surface area contributed by atoms with Gasteiger partial charge in [0.2, 0.25) is 0 Å². The molecule has 0 bridgehead atoms. The Morgan fingerprint density at radius 2 is 2.17 bits per heavy atom. The van der Waals surface area contributed by atoms with Crippen LogP contribution in [0.3, 0.4) is 0 Å². The predicted molar refractivity (Wildman–Crippen MR) is 130 cm³/mol. The van der Waals surface area contributed by atoms with E-state index >= 15 is 0 Å². The number of nitrogens with one attached hydrogen (secondary N) is 1. The first-order valence-electron chi connectivity index (χ1n) is 11.8. The summed E-state index contributed by atoms with van der Waals surface area (Å²) in [6, 6.07) is 9.91. The molecule has 3 aromatic heterocycles. The van der Waals surface area contributed by atoms with Crippen LogP contribution in [0.4, 0.5) is 0 Å². The molecule has 0 spiro atoms. The van der Waals surface area contributed by atoms with E-state index < -0.39 is 20.6 Å². The molecular formula is C25H25N6O3Sb. The normalized spacial score (nSPS) is 18.7. The molecule has 1 aromatic carbocycles. The van der Waals surface area contributed by atoms with Gasteiger partial charge in [-0.2, -0.15) is 0 Å². The molecule has 1 saturated carbocycles. The molecule has 1 aliphatic carbocycles. The molecule has 1 saturated heterocycles. The summed E-state index contributed by atoms with van der Waals surface area (Å²) in [6.45, 7) is 1.06. The van der Waals surface area contributed by atoms with Gasteiger partial charge in [-0.25, -0.2) is 0 Å². The summed E-state index contributed by atoms with van der Waals surface area (Å²) >= 11 is -1.76. The maximum atomic E-state index is 13.0. The van der Waals surface area contributed by atoms with Crippen molar-refractivity contribution < 1.29 is 12.3 Å². The van der Waals surface area contributed by atoms with Crippen LogP contribution >= 0.6 is 0 Å². The van der Waals surface area contributed by atoms with Gasteiger partial charge in [-0.05, 0) is 12.8 Å². The van der Waals surface area contributed by atoms with Crippen LogP contribution < -0.4 is 5.32 Å². The SMILES string of the molecule is [CH3][Sb]1[CH2]C(n2c(CC(=O)NCc3cc(C4CC4)on3)nc3cnc4ccc(C#N)cc4c32)CC[O]1. The summed E-state index contributed by atoms with van der Waals surface area (Å²) in [5.74, 6) is 2.00. The first kappa shape index (κ1) is 22.5. The fourth-order valence-corrected chi connectivity index (χ4v) is 8.95. The van der Waals surface area contributed by atoms with Crippen molar-refractivity contribution in [3.05, 3.63) is 53.3 Å². The summed E-state index contributed by atoms with van der Waals surface area (Å²) in [6.07, 6.45) is 5.08. The Bertz CT molecular complexity index is 1470. The van der Waals surface area contributed by atoms with Crippen LogP contribution in [-0.2, 0) is 20.8 Å². The molecule has 10 heteroatoms. The van der Waals surface area contributed by atoms with Gasteiger partial charge in [-0.3, -0.25) is 0 Å². The van der Waals surface area contributed by atoms with Gasteiger partial charge in [0.25, 0.3) is 0 Å². The van der Waals surface area contributed by atoms with E-state index in [9.17, 15) is 10.1 Å². The number of carbonyl (C=O) groups excluding carboxylic acids is 1. The van der Waals surface area contributed by atoms with E-state index in [2.05, 4.69) is 31.0 Å². The molecule has 4 heterocycles. The topological polar surface area (TPSA) is 119 Å². The zero-order valence-corrected chi connectivity index (χ0v) is 22.0. The fourth-order valence-electron chi connectivity index (χ4n) is 4.78. The van der Waals surface area contributed by atoms with E-state index in [-0.39, 0.29) is 18.4 Å². The number of imidazole rings is 1. The average Bonchev–Trinajstić information content (AvgIpc) is 3.49. The molecule has 9 nitrogen and oxygen atoms in total. The molecule has 178 valence electrons. The zero-order valence-electron chi connectivity index (χ0n) is 19.4. The second-order valence-corrected chi connectivity index (χ2v) is 14.6. The summed E-state index contributed by atoms with van der Waals surface area (Å²) in [5, 5.41) is 17.4. The molecule has 1 amide bonds. The third kappa shape index (κ3) is 4.53. The molecule has 2 fully saturated rings. The van der Waals surface area contributed by atoms with Gasteiger partial charge in [-0.15, -0.1) is 0 Å². The molecular weight excluding hydrogens is 554 g/mol. The van der Waals surface area contributed by atoms with Crippen molar-refractivity contribution in [2.45, 2.75) is 53.4 Å². The number of nitrogens with zero attached hydrogens (tertiary/aromatic N) is 5. The Morgan fingerprint density at radius 1 is 1.29 bits per heavy atom. The molecule has 1 N–H and O–H groups in total. The van der Waals surface area contributed by atoms with E-state index in [0.29, 0.717) is 23.9 Å². The van der Waals surface area contributed by atoms with Crippen LogP contribution in [0.15, 0.2) is 35.0 Å². The van der Waals surface area contributed by atoms with Gasteiger partial charge in [0.05, 0.1) is 0 Å². The van der Waals surface area contributed by atoms with Gasteiger partial charge >= 0.3 is 198 Å². The molecule has 0 radical (unpaired) electrons. The van der Waals surface area contributed by atoms with Gasteiger partial charge < -0.3 is 0 Å². The minimum absolute atomic E-state index is 0.117. The van der Waals surface area contributed by atoms with Crippen LogP contribution in [-0.4, -0.2) is 52.8 Å².